The second-order valence-electron chi connectivity index (χ2n) is 4.52. The highest BCUT2D eigenvalue weighted by atomic mass is 15.3. The maximum atomic E-state index is 4.27. The highest BCUT2D eigenvalue weighted by Crippen LogP contribution is 2.41. The lowest BCUT2D eigenvalue weighted by Crippen LogP contribution is -2.06. The molecule has 1 aromatic heterocycles. The van der Waals surface area contributed by atoms with Gasteiger partial charge in [0.2, 0.25) is 0 Å². The van der Waals surface area contributed by atoms with E-state index in [1.165, 1.54) is 12.8 Å². The van der Waals surface area contributed by atoms with E-state index in [9.17, 15) is 0 Å². The summed E-state index contributed by atoms with van der Waals surface area (Å²) in [6, 6.07) is 10.3. The van der Waals surface area contributed by atoms with Crippen molar-refractivity contribution in [1.82, 2.24) is 14.8 Å². The molecule has 1 atom stereocenters. The molecule has 0 bridgehead atoms. The van der Waals surface area contributed by atoms with Crippen LogP contribution in [0.15, 0.2) is 36.7 Å². The van der Waals surface area contributed by atoms with Crippen molar-refractivity contribution < 1.29 is 0 Å². The van der Waals surface area contributed by atoms with E-state index >= 15 is 0 Å². The highest BCUT2D eigenvalue weighted by Gasteiger charge is 2.32. The lowest BCUT2D eigenvalue weighted by molar-refractivity contribution is 0.607. The van der Waals surface area contributed by atoms with Gasteiger partial charge in [-0.2, -0.15) is 0 Å². The molecular weight excluding hydrogens is 198 g/mol. The van der Waals surface area contributed by atoms with E-state index in [1.54, 1.807) is 0 Å². The van der Waals surface area contributed by atoms with Crippen molar-refractivity contribution in [1.29, 1.82) is 0 Å². The Morgan fingerprint density at radius 1 is 1.25 bits per heavy atom. The lowest BCUT2D eigenvalue weighted by atomic mass is 10.1. The van der Waals surface area contributed by atoms with Crippen LogP contribution in [-0.4, -0.2) is 14.8 Å². The minimum atomic E-state index is 0.516. The third-order valence-corrected chi connectivity index (χ3v) is 3.34. The monoisotopic (exact) mass is 213 g/mol. The largest absolute Gasteiger partial charge is 0.285 e. The number of benzene rings is 1. The first-order valence-corrected chi connectivity index (χ1v) is 5.81. The third kappa shape index (κ3) is 1.62. The van der Waals surface area contributed by atoms with Gasteiger partial charge < -0.3 is 0 Å². The molecule has 3 nitrogen and oxygen atoms in total. The molecule has 0 N–H and O–H groups in total. The molecule has 0 aliphatic heterocycles. The minimum Gasteiger partial charge on any atom is -0.285 e. The number of nitrogens with zero attached hydrogens (tertiary/aromatic N) is 3. The molecule has 1 unspecified atom stereocenters. The molecule has 1 heterocycles. The molecule has 3 heteroatoms. The second-order valence-corrected chi connectivity index (χ2v) is 4.52. The average molecular weight is 213 g/mol. The smallest absolute Gasteiger partial charge is 0.140 e. The fraction of sp³-hybridized carbons (Fsp3) is 0.385. The van der Waals surface area contributed by atoms with Gasteiger partial charge in [-0.05, 0) is 30.9 Å². The van der Waals surface area contributed by atoms with Crippen LogP contribution in [0.4, 0.5) is 0 Å². The van der Waals surface area contributed by atoms with Crippen molar-refractivity contribution >= 4 is 0 Å². The summed E-state index contributed by atoms with van der Waals surface area (Å²) in [6.07, 6.45) is 4.48. The predicted octanol–water partition coefficient (Wildman–Crippen LogP) is 2.78. The molecule has 1 saturated carbocycles. The first-order valence-electron chi connectivity index (χ1n) is 5.81. The number of aromatic nitrogens is 3. The number of hydrogen-bond donors (Lipinski definition) is 0. The van der Waals surface area contributed by atoms with Gasteiger partial charge in [0, 0.05) is 11.6 Å². The SMILES string of the molecule is CC(c1nncn1-c1ccccc1)C1CC1. The fourth-order valence-corrected chi connectivity index (χ4v) is 2.15. The van der Waals surface area contributed by atoms with Crippen LogP contribution in [0.5, 0.6) is 0 Å². The average Bonchev–Trinajstić information content (AvgIpc) is 3.06. The van der Waals surface area contributed by atoms with Crippen LogP contribution in [0.1, 0.15) is 31.5 Å². The number of para-hydroxylation sites is 1. The Morgan fingerprint density at radius 2 is 2.00 bits per heavy atom. The van der Waals surface area contributed by atoms with Gasteiger partial charge in [0.15, 0.2) is 0 Å². The van der Waals surface area contributed by atoms with Crippen molar-refractivity contribution in [3.63, 3.8) is 0 Å². The standard InChI is InChI=1S/C13H15N3/c1-10(11-7-8-11)13-15-14-9-16(13)12-5-3-2-4-6-12/h2-6,9-11H,7-8H2,1H3. The van der Waals surface area contributed by atoms with Crippen LogP contribution >= 0.6 is 0 Å². The molecule has 2 aromatic rings. The van der Waals surface area contributed by atoms with Crippen LogP contribution in [-0.2, 0) is 0 Å². The van der Waals surface area contributed by atoms with Gasteiger partial charge in [-0.25, -0.2) is 0 Å². The van der Waals surface area contributed by atoms with Gasteiger partial charge in [0.1, 0.15) is 12.2 Å². The summed E-state index contributed by atoms with van der Waals surface area (Å²) < 4.78 is 2.10. The van der Waals surface area contributed by atoms with Gasteiger partial charge in [-0.1, -0.05) is 25.1 Å². The molecule has 3 rings (SSSR count). The Hall–Kier alpha value is -1.64. The lowest BCUT2D eigenvalue weighted by Gasteiger charge is -2.11. The summed E-state index contributed by atoms with van der Waals surface area (Å²) in [4.78, 5) is 0. The van der Waals surface area contributed by atoms with Gasteiger partial charge in [0.25, 0.3) is 0 Å². The number of hydrogen-bond acceptors (Lipinski definition) is 2. The molecule has 0 saturated heterocycles. The van der Waals surface area contributed by atoms with Crippen LogP contribution in [0, 0.1) is 5.92 Å². The van der Waals surface area contributed by atoms with Gasteiger partial charge in [-0.15, -0.1) is 10.2 Å². The van der Waals surface area contributed by atoms with E-state index in [4.69, 9.17) is 0 Å². The van der Waals surface area contributed by atoms with Crippen LogP contribution in [0.2, 0.25) is 0 Å². The van der Waals surface area contributed by atoms with Crippen molar-refractivity contribution in [2.45, 2.75) is 25.7 Å². The van der Waals surface area contributed by atoms with E-state index < -0.39 is 0 Å². The molecule has 16 heavy (non-hydrogen) atoms. The molecule has 1 aliphatic rings. The molecular formula is C13H15N3. The Labute approximate surface area is 95.1 Å². The minimum absolute atomic E-state index is 0.516. The summed E-state index contributed by atoms with van der Waals surface area (Å²) >= 11 is 0. The maximum absolute atomic E-state index is 4.27. The van der Waals surface area contributed by atoms with Crippen molar-refractivity contribution in [2.75, 3.05) is 0 Å². The Balaban J connectivity index is 1.99. The quantitative estimate of drug-likeness (QED) is 0.785. The van der Waals surface area contributed by atoms with Crippen LogP contribution in [0.3, 0.4) is 0 Å². The van der Waals surface area contributed by atoms with Gasteiger partial charge in [0.05, 0.1) is 0 Å². The maximum Gasteiger partial charge on any atom is 0.140 e. The molecule has 1 aliphatic carbocycles. The first kappa shape index (κ1) is 9.58. The van der Waals surface area contributed by atoms with Gasteiger partial charge >= 0.3 is 0 Å². The van der Waals surface area contributed by atoms with Crippen LogP contribution in [0.25, 0.3) is 5.69 Å². The van der Waals surface area contributed by atoms with E-state index in [1.807, 2.05) is 24.5 Å². The second kappa shape index (κ2) is 3.74. The zero-order valence-corrected chi connectivity index (χ0v) is 9.37. The summed E-state index contributed by atoms with van der Waals surface area (Å²) in [5.41, 5.74) is 1.15. The molecule has 82 valence electrons. The fourth-order valence-electron chi connectivity index (χ4n) is 2.15. The Kier molecular flexibility index (Phi) is 2.24. The van der Waals surface area contributed by atoms with E-state index in [2.05, 4.69) is 33.8 Å². The Morgan fingerprint density at radius 3 is 2.69 bits per heavy atom. The summed E-state index contributed by atoms with van der Waals surface area (Å²) in [5, 5.41) is 8.31. The van der Waals surface area contributed by atoms with Crippen molar-refractivity contribution in [3.8, 4) is 5.69 Å². The molecule has 0 spiro atoms. The van der Waals surface area contributed by atoms with Crippen molar-refractivity contribution in [2.24, 2.45) is 5.92 Å². The normalized spacial score (nSPS) is 17.3. The molecule has 1 fully saturated rings. The van der Waals surface area contributed by atoms with Crippen molar-refractivity contribution in [3.05, 3.63) is 42.5 Å². The predicted molar refractivity (Wildman–Crippen MR) is 62.5 cm³/mol. The van der Waals surface area contributed by atoms with Gasteiger partial charge in [-0.3, -0.25) is 4.57 Å². The highest BCUT2D eigenvalue weighted by molar-refractivity contribution is 5.32. The van der Waals surface area contributed by atoms with E-state index in [-0.39, 0.29) is 0 Å². The summed E-state index contributed by atoms with van der Waals surface area (Å²) in [6.45, 7) is 2.25. The zero-order chi connectivity index (χ0) is 11.0. The summed E-state index contributed by atoms with van der Waals surface area (Å²) in [5.74, 6) is 2.42. The van der Waals surface area contributed by atoms with E-state index in [0.717, 1.165) is 17.4 Å². The molecule has 0 amide bonds. The molecule has 0 radical (unpaired) electrons. The van der Waals surface area contributed by atoms with E-state index in [0.29, 0.717) is 5.92 Å². The first-order chi connectivity index (χ1) is 7.86. The number of rotatable bonds is 3. The topological polar surface area (TPSA) is 30.7 Å². The third-order valence-electron chi connectivity index (χ3n) is 3.34. The zero-order valence-electron chi connectivity index (χ0n) is 9.37. The Bertz CT molecular complexity index is 471. The molecule has 1 aromatic carbocycles. The summed E-state index contributed by atoms with van der Waals surface area (Å²) in [7, 11) is 0. The van der Waals surface area contributed by atoms with Crippen LogP contribution < -0.4 is 0 Å².